The number of anilines is 1. The van der Waals surface area contributed by atoms with E-state index in [2.05, 4.69) is 0 Å². The number of ether oxygens (including phenoxy) is 3. The van der Waals surface area contributed by atoms with Gasteiger partial charge in [0.05, 0.1) is 43.0 Å². The molecule has 0 aromatic heterocycles. The molecule has 3 aromatic carbocycles. The van der Waals surface area contributed by atoms with Crippen molar-refractivity contribution in [1.82, 2.24) is 0 Å². The van der Waals surface area contributed by atoms with E-state index in [-0.39, 0.29) is 32.7 Å². The molecular formula is C28H25Cl2NO6. The molecule has 1 atom stereocenters. The molecule has 9 heteroatoms. The second-order valence-corrected chi connectivity index (χ2v) is 9.08. The molecule has 1 amide bonds. The maximum absolute atomic E-state index is 13.5. The number of nitrogens with zero attached hydrogens (tertiary/aromatic N) is 1. The fourth-order valence-electron chi connectivity index (χ4n) is 4.35. The zero-order chi connectivity index (χ0) is 26.9. The number of aliphatic hydroxyl groups is 1. The monoisotopic (exact) mass is 541 g/mol. The quantitative estimate of drug-likeness (QED) is 0.213. The molecule has 1 unspecified atom stereocenters. The van der Waals surface area contributed by atoms with Crippen molar-refractivity contribution in [2.75, 3.05) is 25.7 Å². The number of halogens is 2. The third-order valence-electron chi connectivity index (χ3n) is 6.04. The first kappa shape index (κ1) is 26.4. The van der Waals surface area contributed by atoms with Crippen LogP contribution in [-0.2, 0) is 9.59 Å². The lowest BCUT2D eigenvalue weighted by molar-refractivity contribution is -0.132. The lowest BCUT2D eigenvalue weighted by atomic mass is 9.94. The molecule has 0 spiro atoms. The summed E-state index contributed by atoms with van der Waals surface area (Å²) in [4.78, 5) is 28.3. The third kappa shape index (κ3) is 4.72. The number of rotatable bonds is 7. The summed E-state index contributed by atoms with van der Waals surface area (Å²) in [5.41, 5.74) is 1.96. The summed E-state index contributed by atoms with van der Waals surface area (Å²) in [6.45, 7) is 4.21. The minimum absolute atomic E-state index is 0.0155. The second-order valence-electron chi connectivity index (χ2n) is 8.30. The van der Waals surface area contributed by atoms with Crippen LogP contribution < -0.4 is 19.1 Å². The number of carbonyl (C=O) groups excluding carboxylic acids is 2. The van der Waals surface area contributed by atoms with E-state index in [1.165, 1.54) is 25.2 Å². The smallest absolute Gasteiger partial charge is 0.300 e. The van der Waals surface area contributed by atoms with Gasteiger partial charge in [-0.15, -0.1) is 0 Å². The average molecular weight is 542 g/mol. The van der Waals surface area contributed by atoms with E-state index in [1.54, 1.807) is 36.4 Å². The van der Waals surface area contributed by atoms with Crippen molar-refractivity contribution in [3.63, 3.8) is 0 Å². The van der Waals surface area contributed by atoms with Gasteiger partial charge in [0.25, 0.3) is 11.7 Å². The van der Waals surface area contributed by atoms with E-state index >= 15 is 0 Å². The molecule has 1 saturated heterocycles. The molecule has 1 heterocycles. The predicted molar refractivity (Wildman–Crippen MR) is 143 cm³/mol. The standard InChI is InChI=1S/C28H25Cl2NO6/c1-5-37-18-8-6-7-16(13-18)23-21(25(33)28(34)31(23)17-11-9-15(2)10-12-17)24(32)19-14-20(29)27(36-4)22(30)26(19)35-3/h6-14,23,32H,5H2,1-4H3/b24-21+. The highest BCUT2D eigenvalue weighted by Crippen LogP contribution is 2.48. The van der Waals surface area contributed by atoms with Gasteiger partial charge in [0.2, 0.25) is 0 Å². The van der Waals surface area contributed by atoms with Gasteiger partial charge in [-0.3, -0.25) is 14.5 Å². The van der Waals surface area contributed by atoms with Crippen molar-refractivity contribution >= 4 is 46.3 Å². The van der Waals surface area contributed by atoms with Crippen LogP contribution in [0.3, 0.4) is 0 Å². The second kappa shape index (κ2) is 10.7. The van der Waals surface area contributed by atoms with Crippen molar-refractivity contribution < 1.29 is 28.9 Å². The summed E-state index contributed by atoms with van der Waals surface area (Å²) < 4.78 is 16.3. The van der Waals surface area contributed by atoms with Gasteiger partial charge in [-0.05, 0) is 49.7 Å². The van der Waals surface area contributed by atoms with Gasteiger partial charge in [0.15, 0.2) is 11.5 Å². The van der Waals surface area contributed by atoms with Gasteiger partial charge in [-0.25, -0.2) is 0 Å². The molecular weight excluding hydrogens is 517 g/mol. The molecule has 1 N–H and O–H groups in total. The number of hydrogen-bond donors (Lipinski definition) is 1. The Hall–Kier alpha value is -3.68. The van der Waals surface area contributed by atoms with Gasteiger partial charge in [0.1, 0.15) is 16.5 Å². The van der Waals surface area contributed by atoms with Crippen molar-refractivity contribution in [1.29, 1.82) is 0 Å². The number of hydrogen-bond acceptors (Lipinski definition) is 6. The summed E-state index contributed by atoms with van der Waals surface area (Å²) >= 11 is 12.8. The van der Waals surface area contributed by atoms with E-state index in [0.717, 1.165) is 5.56 Å². The fourth-order valence-corrected chi connectivity index (χ4v) is 5.04. The van der Waals surface area contributed by atoms with Crippen LogP contribution in [0, 0.1) is 6.92 Å². The van der Waals surface area contributed by atoms with E-state index < -0.39 is 23.5 Å². The number of ketones is 1. The summed E-state index contributed by atoms with van der Waals surface area (Å²) in [6, 6.07) is 14.6. The molecule has 4 rings (SSSR count). The lowest BCUT2D eigenvalue weighted by Gasteiger charge is -2.26. The van der Waals surface area contributed by atoms with E-state index in [1.807, 2.05) is 26.0 Å². The molecule has 3 aromatic rings. The van der Waals surface area contributed by atoms with Crippen LogP contribution in [0.1, 0.15) is 29.7 Å². The number of benzene rings is 3. The van der Waals surface area contributed by atoms with Gasteiger partial charge in [-0.2, -0.15) is 0 Å². The van der Waals surface area contributed by atoms with Gasteiger partial charge >= 0.3 is 0 Å². The summed E-state index contributed by atoms with van der Waals surface area (Å²) in [5.74, 6) is -1.39. The predicted octanol–water partition coefficient (Wildman–Crippen LogP) is 6.34. The topological polar surface area (TPSA) is 85.3 Å². The number of carbonyl (C=O) groups is 2. The van der Waals surface area contributed by atoms with Crippen LogP contribution in [0.2, 0.25) is 10.0 Å². The van der Waals surface area contributed by atoms with Crippen molar-refractivity contribution in [2.45, 2.75) is 19.9 Å². The van der Waals surface area contributed by atoms with E-state index in [0.29, 0.717) is 23.6 Å². The number of aryl methyl sites for hydroxylation is 1. The third-order valence-corrected chi connectivity index (χ3v) is 6.66. The highest BCUT2D eigenvalue weighted by Gasteiger charge is 2.47. The minimum Gasteiger partial charge on any atom is -0.507 e. The zero-order valence-corrected chi connectivity index (χ0v) is 22.2. The van der Waals surface area contributed by atoms with Crippen LogP contribution in [0.15, 0.2) is 60.2 Å². The average Bonchev–Trinajstić information content (AvgIpc) is 3.15. The Bertz CT molecular complexity index is 1400. The van der Waals surface area contributed by atoms with Crippen LogP contribution in [0.25, 0.3) is 5.76 Å². The van der Waals surface area contributed by atoms with Crippen molar-refractivity contribution in [3.05, 3.63) is 86.9 Å². The molecule has 0 saturated carbocycles. The molecule has 0 radical (unpaired) electrons. The lowest BCUT2D eigenvalue weighted by Crippen LogP contribution is -2.29. The van der Waals surface area contributed by atoms with Crippen LogP contribution in [-0.4, -0.2) is 37.6 Å². The first-order valence-corrected chi connectivity index (χ1v) is 12.2. The number of methoxy groups -OCH3 is 2. The summed E-state index contributed by atoms with van der Waals surface area (Å²) in [7, 11) is 2.75. The molecule has 37 heavy (non-hydrogen) atoms. The molecule has 0 bridgehead atoms. The molecule has 1 aliphatic rings. The SMILES string of the molecule is CCOc1cccc(C2/C(=C(\O)c3cc(Cl)c(OC)c(Cl)c3OC)C(=O)C(=O)N2c2ccc(C)cc2)c1. The van der Waals surface area contributed by atoms with Gasteiger partial charge < -0.3 is 19.3 Å². The van der Waals surface area contributed by atoms with E-state index in [9.17, 15) is 14.7 Å². The molecule has 1 aliphatic heterocycles. The normalized spacial score (nSPS) is 16.7. The first-order valence-electron chi connectivity index (χ1n) is 11.4. The molecule has 0 aliphatic carbocycles. The number of Topliss-reactive ketones (excluding diaryl/α,β-unsaturated/α-hetero) is 1. The largest absolute Gasteiger partial charge is 0.507 e. The number of amides is 1. The Balaban J connectivity index is 2.01. The van der Waals surface area contributed by atoms with Gasteiger partial charge in [-0.1, -0.05) is 53.0 Å². The highest BCUT2D eigenvalue weighted by atomic mass is 35.5. The first-order chi connectivity index (χ1) is 17.7. The zero-order valence-electron chi connectivity index (χ0n) is 20.7. The summed E-state index contributed by atoms with van der Waals surface area (Å²) in [6.07, 6.45) is 0. The Morgan fingerprint density at radius 2 is 1.68 bits per heavy atom. The van der Waals surface area contributed by atoms with Crippen LogP contribution in [0.4, 0.5) is 5.69 Å². The van der Waals surface area contributed by atoms with Crippen molar-refractivity contribution in [3.8, 4) is 17.2 Å². The molecule has 1 fully saturated rings. The maximum atomic E-state index is 13.5. The molecule has 192 valence electrons. The molecule has 7 nitrogen and oxygen atoms in total. The van der Waals surface area contributed by atoms with Crippen LogP contribution >= 0.6 is 23.2 Å². The maximum Gasteiger partial charge on any atom is 0.300 e. The highest BCUT2D eigenvalue weighted by molar-refractivity contribution is 6.52. The Morgan fingerprint density at radius 3 is 2.30 bits per heavy atom. The van der Waals surface area contributed by atoms with E-state index in [4.69, 9.17) is 37.4 Å². The van der Waals surface area contributed by atoms with Crippen LogP contribution in [0.5, 0.6) is 17.2 Å². The minimum atomic E-state index is -0.965. The van der Waals surface area contributed by atoms with Crippen molar-refractivity contribution in [2.24, 2.45) is 0 Å². The number of aliphatic hydroxyl groups excluding tert-OH is 1. The summed E-state index contributed by atoms with van der Waals surface area (Å²) in [5, 5.41) is 11.7. The fraction of sp³-hybridized carbons (Fsp3) is 0.214. The Kier molecular flexibility index (Phi) is 7.66. The Labute approximate surface area is 224 Å². The Morgan fingerprint density at radius 1 is 1.00 bits per heavy atom. The van der Waals surface area contributed by atoms with Gasteiger partial charge in [0, 0.05) is 5.69 Å².